The van der Waals surface area contributed by atoms with Gasteiger partial charge < -0.3 is 20.3 Å². The Kier molecular flexibility index (Phi) is 3.55. The molecule has 102 valence electrons. The maximum Gasteiger partial charge on any atom is 0.319 e. The van der Waals surface area contributed by atoms with Crippen LogP contribution in [-0.2, 0) is 4.74 Å². The number of hydrogen-bond donors (Lipinski definition) is 2. The zero-order valence-electron chi connectivity index (χ0n) is 10.9. The monoisotopic (exact) mass is 261 g/mol. The number of anilines is 2. The molecule has 1 aliphatic carbocycles. The first-order chi connectivity index (χ1) is 9.33. The van der Waals surface area contributed by atoms with Crippen molar-refractivity contribution in [2.24, 2.45) is 0 Å². The summed E-state index contributed by atoms with van der Waals surface area (Å²) in [5, 5.41) is 5.89. The molecule has 0 radical (unpaired) electrons. The molecule has 1 aromatic carbocycles. The molecule has 3 rings (SSSR count). The summed E-state index contributed by atoms with van der Waals surface area (Å²) in [7, 11) is 0. The van der Waals surface area contributed by atoms with Gasteiger partial charge in [-0.1, -0.05) is 12.1 Å². The van der Waals surface area contributed by atoms with Gasteiger partial charge in [-0.3, -0.25) is 0 Å². The predicted octanol–water partition coefficient (Wildman–Crippen LogP) is 1.81. The lowest BCUT2D eigenvalue weighted by Gasteiger charge is -2.30. The topological polar surface area (TPSA) is 53.6 Å². The number of amides is 2. The number of ether oxygens (including phenoxy) is 1. The minimum absolute atomic E-state index is 0.108. The van der Waals surface area contributed by atoms with Gasteiger partial charge in [0.25, 0.3) is 0 Å². The second kappa shape index (κ2) is 5.48. The number of urea groups is 1. The predicted molar refractivity (Wildman–Crippen MR) is 74.7 cm³/mol. The van der Waals surface area contributed by atoms with E-state index in [0.29, 0.717) is 6.04 Å². The molecule has 5 heteroatoms. The molecule has 1 heterocycles. The summed E-state index contributed by atoms with van der Waals surface area (Å²) in [4.78, 5) is 14.1. The number of morpholine rings is 1. The SMILES string of the molecule is O=C(Nc1ccccc1N1CCOCC1)NC1CC1. The third kappa shape index (κ3) is 3.17. The van der Waals surface area contributed by atoms with Crippen molar-refractivity contribution in [1.82, 2.24) is 5.32 Å². The fraction of sp³-hybridized carbons (Fsp3) is 0.500. The molecule has 2 fully saturated rings. The molecule has 1 saturated carbocycles. The number of carbonyl (C=O) groups is 1. The van der Waals surface area contributed by atoms with Crippen LogP contribution < -0.4 is 15.5 Å². The van der Waals surface area contributed by atoms with Gasteiger partial charge in [-0.15, -0.1) is 0 Å². The van der Waals surface area contributed by atoms with Crippen LogP contribution in [-0.4, -0.2) is 38.4 Å². The molecule has 1 aliphatic heterocycles. The minimum Gasteiger partial charge on any atom is -0.378 e. The van der Waals surface area contributed by atoms with Gasteiger partial charge in [0.1, 0.15) is 0 Å². The van der Waals surface area contributed by atoms with Crippen LogP contribution in [0.2, 0.25) is 0 Å². The lowest BCUT2D eigenvalue weighted by Crippen LogP contribution is -2.37. The van der Waals surface area contributed by atoms with Gasteiger partial charge in [-0.05, 0) is 25.0 Å². The molecule has 0 bridgehead atoms. The van der Waals surface area contributed by atoms with Crippen LogP contribution in [0.3, 0.4) is 0 Å². The fourth-order valence-corrected chi connectivity index (χ4v) is 2.23. The second-order valence-electron chi connectivity index (χ2n) is 4.99. The highest BCUT2D eigenvalue weighted by atomic mass is 16.5. The summed E-state index contributed by atoms with van der Waals surface area (Å²) in [5.74, 6) is 0. The van der Waals surface area contributed by atoms with Gasteiger partial charge >= 0.3 is 6.03 Å². The van der Waals surface area contributed by atoms with E-state index in [-0.39, 0.29) is 6.03 Å². The molecule has 2 amide bonds. The molecular formula is C14H19N3O2. The number of rotatable bonds is 3. The molecule has 0 aromatic heterocycles. The van der Waals surface area contributed by atoms with Crippen molar-refractivity contribution in [3.63, 3.8) is 0 Å². The summed E-state index contributed by atoms with van der Waals surface area (Å²) in [6.07, 6.45) is 2.19. The van der Waals surface area contributed by atoms with Crippen LogP contribution >= 0.6 is 0 Å². The van der Waals surface area contributed by atoms with Crippen molar-refractivity contribution in [1.29, 1.82) is 0 Å². The van der Waals surface area contributed by atoms with Gasteiger partial charge in [0, 0.05) is 19.1 Å². The Hall–Kier alpha value is -1.75. The zero-order valence-corrected chi connectivity index (χ0v) is 10.9. The molecule has 2 aliphatic rings. The number of para-hydroxylation sites is 2. The zero-order chi connectivity index (χ0) is 13.1. The Labute approximate surface area is 112 Å². The van der Waals surface area contributed by atoms with E-state index in [2.05, 4.69) is 15.5 Å². The maximum atomic E-state index is 11.8. The summed E-state index contributed by atoms with van der Waals surface area (Å²) in [5.41, 5.74) is 1.93. The van der Waals surface area contributed by atoms with E-state index in [1.807, 2.05) is 24.3 Å². The van der Waals surface area contributed by atoms with E-state index >= 15 is 0 Å². The van der Waals surface area contributed by atoms with E-state index in [1.165, 1.54) is 0 Å². The summed E-state index contributed by atoms with van der Waals surface area (Å²) >= 11 is 0. The molecular weight excluding hydrogens is 242 g/mol. The molecule has 0 atom stereocenters. The van der Waals surface area contributed by atoms with Crippen LogP contribution in [0.25, 0.3) is 0 Å². The summed E-state index contributed by atoms with van der Waals surface area (Å²) in [6.45, 7) is 3.21. The molecule has 2 N–H and O–H groups in total. The van der Waals surface area contributed by atoms with Crippen LogP contribution in [0.1, 0.15) is 12.8 Å². The van der Waals surface area contributed by atoms with Crippen molar-refractivity contribution >= 4 is 17.4 Å². The van der Waals surface area contributed by atoms with Crippen molar-refractivity contribution in [3.8, 4) is 0 Å². The van der Waals surface area contributed by atoms with Crippen molar-refractivity contribution in [2.75, 3.05) is 36.5 Å². The Bertz CT molecular complexity index is 454. The van der Waals surface area contributed by atoms with Gasteiger partial charge in [-0.2, -0.15) is 0 Å². The Morgan fingerprint density at radius 1 is 1.21 bits per heavy atom. The van der Waals surface area contributed by atoms with E-state index in [4.69, 9.17) is 4.74 Å². The van der Waals surface area contributed by atoms with Crippen LogP contribution in [0.4, 0.5) is 16.2 Å². The van der Waals surface area contributed by atoms with E-state index < -0.39 is 0 Å². The average Bonchev–Trinajstić information content (AvgIpc) is 3.24. The normalized spacial score (nSPS) is 19.1. The lowest BCUT2D eigenvalue weighted by molar-refractivity contribution is 0.123. The Morgan fingerprint density at radius 3 is 2.68 bits per heavy atom. The first-order valence-corrected chi connectivity index (χ1v) is 6.82. The van der Waals surface area contributed by atoms with Gasteiger partial charge in [0.2, 0.25) is 0 Å². The van der Waals surface area contributed by atoms with E-state index in [0.717, 1.165) is 50.5 Å². The van der Waals surface area contributed by atoms with Gasteiger partial charge in [0.15, 0.2) is 0 Å². The number of benzene rings is 1. The summed E-state index contributed by atoms with van der Waals surface area (Å²) in [6, 6.07) is 8.18. The van der Waals surface area contributed by atoms with E-state index in [1.54, 1.807) is 0 Å². The van der Waals surface area contributed by atoms with E-state index in [9.17, 15) is 4.79 Å². The molecule has 5 nitrogen and oxygen atoms in total. The first-order valence-electron chi connectivity index (χ1n) is 6.82. The molecule has 0 unspecified atom stereocenters. The molecule has 19 heavy (non-hydrogen) atoms. The second-order valence-corrected chi connectivity index (χ2v) is 4.99. The van der Waals surface area contributed by atoms with Crippen LogP contribution in [0.5, 0.6) is 0 Å². The number of nitrogens with one attached hydrogen (secondary N) is 2. The minimum atomic E-state index is -0.108. The highest BCUT2D eigenvalue weighted by Crippen LogP contribution is 2.26. The van der Waals surface area contributed by atoms with Crippen LogP contribution in [0.15, 0.2) is 24.3 Å². The quantitative estimate of drug-likeness (QED) is 0.872. The largest absolute Gasteiger partial charge is 0.378 e. The molecule has 1 saturated heterocycles. The first kappa shape index (κ1) is 12.3. The average molecular weight is 261 g/mol. The number of nitrogens with zero attached hydrogens (tertiary/aromatic N) is 1. The third-order valence-corrected chi connectivity index (χ3v) is 3.42. The van der Waals surface area contributed by atoms with Gasteiger partial charge in [0.05, 0.1) is 24.6 Å². The summed E-state index contributed by atoms with van der Waals surface area (Å²) < 4.78 is 5.36. The fourth-order valence-electron chi connectivity index (χ4n) is 2.23. The molecule has 1 aromatic rings. The Morgan fingerprint density at radius 2 is 1.95 bits per heavy atom. The standard InChI is InChI=1S/C14H19N3O2/c18-14(15-11-5-6-11)16-12-3-1-2-4-13(12)17-7-9-19-10-8-17/h1-4,11H,5-10H2,(H2,15,16,18). The lowest BCUT2D eigenvalue weighted by atomic mass is 10.2. The number of carbonyl (C=O) groups excluding carboxylic acids is 1. The molecule has 0 spiro atoms. The van der Waals surface area contributed by atoms with Crippen molar-refractivity contribution in [2.45, 2.75) is 18.9 Å². The smallest absolute Gasteiger partial charge is 0.319 e. The number of hydrogen-bond acceptors (Lipinski definition) is 3. The maximum absolute atomic E-state index is 11.8. The Balaban J connectivity index is 1.70. The van der Waals surface area contributed by atoms with Crippen LogP contribution in [0, 0.1) is 0 Å². The van der Waals surface area contributed by atoms with Crippen molar-refractivity contribution < 1.29 is 9.53 Å². The van der Waals surface area contributed by atoms with Crippen molar-refractivity contribution in [3.05, 3.63) is 24.3 Å². The third-order valence-electron chi connectivity index (χ3n) is 3.42. The highest BCUT2D eigenvalue weighted by Gasteiger charge is 2.23. The van der Waals surface area contributed by atoms with Gasteiger partial charge in [-0.25, -0.2) is 4.79 Å². The highest BCUT2D eigenvalue weighted by molar-refractivity contribution is 5.93.